The van der Waals surface area contributed by atoms with Crippen LogP contribution in [0.25, 0.3) is 10.8 Å². The Morgan fingerprint density at radius 1 is 1.00 bits per heavy atom. The van der Waals surface area contributed by atoms with Crippen LogP contribution in [-0.4, -0.2) is 21.2 Å². The molecule has 3 aromatic carbocycles. The molecule has 0 radical (unpaired) electrons. The smallest absolute Gasteiger partial charge is 0.175 e. The maximum atomic E-state index is 11.8. The first-order valence-corrected chi connectivity index (χ1v) is 10.5. The normalized spacial score (nSPS) is 14.5. The molecule has 0 amide bonds. The van der Waals surface area contributed by atoms with Crippen LogP contribution in [0.3, 0.4) is 0 Å². The van der Waals surface area contributed by atoms with Crippen LogP contribution in [0.2, 0.25) is 0 Å². The Labute approximate surface area is 148 Å². The summed E-state index contributed by atoms with van der Waals surface area (Å²) in [5.74, 6) is 0. The van der Waals surface area contributed by atoms with E-state index in [1.54, 1.807) is 6.07 Å². The van der Waals surface area contributed by atoms with Crippen molar-refractivity contribution >= 4 is 26.3 Å². The third kappa shape index (κ3) is 3.14. The Hall–Kier alpha value is -2.33. The van der Waals surface area contributed by atoms with Crippen LogP contribution in [0.1, 0.15) is 17.5 Å². The summed E-state index contributed by atoms with van der Waals surface area (Å²) in [5, 5.41) is 2.54. The van der Waals surface area contributed by atoms with Crippen molar-refractivity contribution in [2.45, 2.75) is 24.3 Å². The van der Waals surface area contributed by atoms with Gasteiger partial charge in [-0.25, -0.2) is 8.42 Å². The Balaban J connectivity index is 1.71. The molecule has 0 saturated heterocycles. The minimum absolute atomic E-state index is 0.415. The molecule has 25 heavy (non-hydrogen) atoms. The lowest BCUT2D eigenvalue weighted by molar-refractivity contribution is 0.601. The molecule has 3 nitrogen and oxygen atoms in total. The lowest BCUT2D eigenvalue weighted by atomic mass is 9.99. The third-order valence-corrected chi connectivity index (χ3v) is 6.05. The van der Waals surface area contributed by atoms with E-state index in [1.165, 1.54) is 22.6 Å². The Bertz CT molecular complexity index is 1040. The van der Waals surface area contributed by atoms with Gasteiger partial charge >= 0.3 is 0 Å². The highest BCUT2D eigenvalue weighted by Gasteiger charge is 2.20. The SMILES string of the molecule is CS(=O)(=O)c1ccc2c(c1)CCCN2Cc1cccc2ccccc12. The van der Waals surface area contributed by atoms with Gasteiger partial charge in [-0.15, -0.1) is 0 Å². The Kier molecular flexibility index (Phi) is 4.00. The Morgan fingerprint density at radius 3 is 2.64 bits per heavy atom. The van der Waals surface area contributed by atoms with Crippen molar-refractivity contribution in [3.05, 3.63) is 71.8 Å². The van der Waals surface area contributed by atoms with Gasteiger partial charge in [-0.1, -0.05) is 42.5 Å². The van der Waals surface area contributed by atoms with Crippen LogP contribution < -0.4 is 4.90 Å². The van der Waals surface area contributed by atoms with E-state index < -0.39 is 9.84 Å². The quantitative estimate of drug-likeness (QED) is 0.710. The molecule has 0 spiro atoms. The van der Waals surface area contributed by atoms with Gasteiger partial charge in [0.1, 0.15) is 0 Å². The van der Waals surface area contributed by atoms with Crippen molar-refractivity contribution in [1.82, 2.24) is 0 Å². The standard InChI is InChI=1S/C21H21NO2S/c1-25(23,24)19-11-12-21-17(14-19)9-5-13-22(21)15-18-8-4-7-16-6-2-3-10-20(16)18/h2-4,6-8,10-12,14H,5,9,13,15H2,1H3. The zero-order valence-corrected chi connectivity index (χ0v) is 15.1. The summed E-state index contributed by atoms with van der Waals surface area (Å²) in [6.45, 7) is 1.83. The van der Waals surface area contributed by atoms with Crippen LogP contribution in [0.15, 0.2) is 65.6 Å². The minimum Gasteiger partial charge on any atom is -0.367 e. The zero-order chi connectivity index (χ0) is 17.4. The second kappa shape index (κ2) is 6.19. The summed E-state index contributed by atoms with van der Waals surface area (Å²) in [6.07, 6.45) is 3.25. The summed E-state index contributed by atoms with van der Waals surface area (Å²) < 4.78 is 23.6. The van der Waals surface area contributed by atoms with Gasteiger partial charge in [0.05, 0.1) is 4.90 Å². The fraction of sp³-hybridized carbons (Fsp3) is 0.238. The second-order valence-corrected chi connectivity index (χ2v) is 8.74. The first-order valence-electron chi connectivity index (χ1n) is 8.57. The van der Waals surface area contributed by atoms with Crippen molar-refractivity contribution in [3.63, 3.8) is 0 Å². The van der Waals surface area contributed by atoms with Crippen LogP contribution in [0, 0.1) is 0 Å². The molecular weight excluding hydrogens is 330 g/mol. The van der Waals surface area contributed by atoms with E-state index in [2.05, 4.69) is 47.4 Å². The van der Waals surface area contributed by atoms with E-state index in [1.807, 2.05) is 12.1 Å². The molecule has 3 aromatic rings. The highest BCUT2D eigenvalue weighted by molar-refractivity contribution is 7.90. The molecule has 4 rings (SSSR count). The second-order valence-electron chi connectivity index (χ2n) is 6.73. The summed E-state index contributed by atoms with van der Waals surface area (Å²) in [7, 11) is -3.16. The summed E-state index contributed by atoms with van der Waals surface area (Å²) in [6, 6.07) is 20.4. The average Bonchev–Trinajstić information content (AvgIpc) is 2.61. The molecule has 0 saturated carbocycles. The molecule has 1 aliphatic heterocycles. The summed E-state index contributed by atoms with van der Waals surface area (Å²) in [4.78, 5) is 2.78. The van der Waals surface area contributed by atoms with Crippen LogP contribution in [0.4, 0.5) is 5.69 Å². The zero-order valence-electron chi connectivity index (χ0n) is 14.3. The maximum absolute atomic E-state index is 11.8. The molecule has 0 fully saturated rings. The van der Waals surface area contributed by atoms with Crippen molar-refractivity contribution < 1.29 is 8.42 Å². The van der Waals surface area contributed by atoms with Gasteiger partial charge in [0.15, 0.2) is 9.84 Å². The van der Waals surface area contributed by atoms with Crippen LogP contribution in [0.5, 0.6) is 0 Å². The number of hydrogen-bond acceptors (Lipinski definition) is 3. The van der Waals surface area contributed by atoms with Crippen molar-refractivity contribution in [3.8, 4) is 0 Å². The van der Waals surface area contributed by atoms with Crippen LogP contribution >= 0.6 is 0 Å². The summed E-state index contributed by atoms with van der Waals surface area (Å²) >= 11 is 0. The van der Waals surface area contributed by atoms with E-state index in [4.69, 9.17) is 0 Å². The molecule has 1 aliphatic rings. The number of hydrogen-bond donors (Lipinski definition) is 0. The van der Waals surface area contributed by atoms with E-state index in [0.29, 0.717) is 4.90 Å². The molecular formula is C21H21NO2S. The highest BCUT2D eigenvalue weighted by Crippen LogP contribution is 2.31. The van der Waals surface area contributed by atoms with E-state index in [-0.39, 0.29) is 0 Å². The highest BCUT2D eigenvalue weighted by atomic mass is 32.2. The Morgan fingerprint density at radius 2 is 1.80 bits per heavy atom. The lowest BCUT2D eigenvalue weighted by Gasteiger charge is -2.32. The summed E-state index contributed by atoms with van der Waals surface area (Å²) in [5.41, 5.74) is 3.60. The molecule has 0 atom stereocenters. The molecule has 0 aliphatic carbocycles. The topological polar surface area (TPSA) is 37.4 Å². The van der Waals surface area contributed by atoms with Crippen molar-refractivity contribution in [2.24, 2.45) is 0 Å². The van der Waals surface area contributed by atoms with Gasteiger partial charge in [-0.05, 0) is 52.9 Å². The van der Waals surface area contributed by atoms with Gasteiger partial charge in [-0.3, -0.25) is 0 Å². The molecule has 0 bridgehead atoms. The van der Waals surface area contributed by atoms with Gasteiger partial charge in [0, 0.05) is 25.0 Å². The first-order chi connectivity index (χ1) is 12.0. The van der Waals surface area contributed by atoms with E-state index in [9.17, 15) is 8.42 Å². The molecule has 0 aromatic heterocycles. The predicted molar refractivity (Wildman–Crippen MR) is 103 cm³/mol. The number of fused-ring (bicyclic) bond motifs is 2. The van der Waals surface area contributed by atoms with Gasteiger partial charge in [0.2, 0.25) is 0 Å². The third-order valence-electron chi connectivity index (χ3n) is 4.94. The number of aryl methyl sites for hydroxylation is 1. The largest absolute Gasteiger partial charge is 0.367 e. The average molecular weight is 351 g/mol. The number of anilines is 1. The number of sulfone groups is 1. The van der Waals surface area contributed by atoms with E-state index in [0.717, 1.165) is 37.2 Å². The molecule has 1 heterocycles. The number of benzene rings is 3. The fourth-order valence-electron chi connectivity index (χ4n) is 3.68. The van der Waals surface area contributed by atoms with Gasteiger partial charge in [0.25, 0.3) is 0 Å². The molecule has 0 unspecified atom stereocenters. The predicted octanol–water partition coefficient (Wildman–Crippen LogP) is 4.20. The molecule has 128 valence electrons. The van der Waals surface area contributed by atoms with Crippen molar-refractivity contribution in [1.29, 1.82) is 0 Å². The van der Waals surface area contributed by atoms with Gasteiger partial charge in [-0.2, -0.15) is 0 Å². The monoisotopic (exact) mass is 351 g/mol. The van der Waals surface area contributed by atoms with E-state index >= 15 is 0 Å². The van der Waals surface area contributed by atoms with Gasteiger partial charge < -0.3 is 4.90 Å². The van der Waals surface area contributed by atoms with Crippen molar-refractivity contribution in [2.75, 3.05) is 17.7 Å². The molecule has 4 heteroatoms. The molecule has 0 N–H and O–H groups in total. The first kappa shape index (κ1) is 16.2. The van der Waals surface area contributed by atoms with Crippen LogP contribution in [-0.2, 0) is 22.8 Å². The fourth-order valence-corrected chi connectivity index (χ4v) is 4.35. The maximum Gasteiger partial charge on any atom is 0.175 e. The number of rotatable bonds is 3. The minimum atomic E-state index is -3.16. The lowest BCUT2D eigenvalue weighted by Crippen LogP contribution is -2.29. The number of nitrogens with zero attached hydrogens (tertiary/aromatic N) is 1.